The van der Waals surface area contributed by atoms with Crippen molar-refractivity contribution in [2.45, 2.75) is 31.7 Å². The van der Waals surface area contributed by atoms with E-state index in [1.165, 1.54) is 30.6 Å². The van der Waals surface area contributed by atoms with Crippen LogP contribution in [0.2, 0.25) is 0 Å². The highest BCUT2D eigenvalue weighted by atomic mass is 32.1. The minimum atomic E-state index is 0.412. The van der Waals surface area contributed by atoms with Crippen molar-refractivity contribution in [3.63, 3.8) is 0 Å². The summed E-state index contributed by atoms with van der Waals surface area (Å²) in [6, 6.07) is 8.97. The maximum absolute atomic E-state index is 4.51. The number of nitrogens with zero attached hydrogens (tertiary/aromatic N) is 2. The maximum atomic E-state index is 4.51. The molecular formula is C17H23N3S. The summed E-state index contributed by atoms with van der Waals surface area (Å²) in [6.07, 6.45) is 7.24. The van der Waals surface area contributed by atoms with Crippen LogP contribution in [0.15, 0.2) is 35.8 Å². The molecule has 1 aliphatic carbocycles. The highest BCUT2D eigenvalue weighted by Crippen LogP contribution is 2.40. The second-order valence-electron chi connectivity index (χ2n) is 5.95. The molecule has 4 heteroatoms. The van der Waals surface area contributed by atoms with Gasteiger partial charge in [0.1, 0.15) is 0 Å². The Kier molecular flexibility index (Phi) is 4.44. The summed E-state index contributed by atoms with van der Waals surface area (Å²) in [5.74, 6) is 1.75. The average Bonchev–Trinajstić information content (AvgIpc) is 3.18. The first-order valence-corrected chi connectivity index (χ1v) is 8.56. The van der Waals surface area contributed by atoms with Gasteiger partial charge in [-0.1, -0.05) is 18.9 Å². The van der Waals surface area contributed by atoms with Crippen LogP contribution in [0.1, 0.15) is 36.6 Å². The van der Waals surface area contributed by atoms with Crippen LogP contribution in [0, 0.1) is 5.92 Å². The van der Waals surface area contributed by atoms with E-state index in [9.17, 15) is 0 Å². The molecule has 2 aromatic heterocycles. The highest BCUT2D eigenvalue weighted by Gasteiger charge is 2.27. The summed E-state index contributed by atoms with van der Waals surface area (Å²) < 4.78 is 0. The van der Waals surface area contributed by atoms with Crippen molar-refractivity contribution in [3.05, 3.63) is 40.7 Å². The molecule has 0 aromatic carbocycles. The minimum Gasteiger partial charge on any atom is -0.374 e. The first-order chi connectivity index (χ1) is 10.3. The number of aromatic nitrogens is 1. The number of hydrogen-bond acceptors (Lipinski definition) is 4. The molecule has 0 bridgehead atoms. The summed E-state index contributed by atoms with van der Waals surface area (Å²) in [6.45, 7) is 0. The third-order valence-electron chi connectivity index (χ3n) is 4.24. The van der Waals surface area contributed by atoms with Crippen molar-refractivity contribution in [1.29, 1.82) is 0 Å². The molecule has 1 N–H and O–H groups in total. The predicted molar refractivity (Wildman–Crippen MR) is 91.2 cm³/mol. The highest BCUT2D eigenvalue weighted by molar-refractivity contribution is 7.10. The average molecular weight is 301 g/mol. The largest absolute Gasteiger partial charge is 0.374 e. The molecule has 1 saturated carbocycles. The van der Waals surface area contributed by atoms with Gasteiger partial charge in [0.05, 0.1) is 11.7 Å². The molecule has 1 aliphatic rings. The molecule has 0 radical (unpaired) electrons. The van der Waals surface area contributed by atoms with Crippen molar-refractivity contribution < 1.29 is 0 Å². The first kappa shape index (κ1) is 14.4. The Morgan fingerprint density at radius 2 is 2.05 bits per heavy atom. The van der Waals surface area contributed by atoms with Gasteiger partial charge in [-0.2, -0.15) is 0 Å². The lowest BCUT2D eigenvalue weighted by Crippen LogP contribution is -2.20. The maximum Gasteiger partial charge on any atom is 0.151 e. The smallest absolute Gasteiger partial charge is 0.151 e. The normalized spacial score (nSPS) is 16.9. The Labute approximate surface area is 131 Å². The van der Waals surface area contributed by atoms with E-state index in [0.717, 1.165) is 17.4 Å². The fourth-order valence-electron chi connectivity index (χ4n) is 3.21. The Morgan fingerprint density at radius 3 is 2.71 bits per heavy atom. The number of rotatable bonds is 5. The fraction of sp³-hybridized carbons (Fsp3) is 0.471. The lowest BCUT2D eigenvalue weighted by molar-refractivity contribution is 0.475. The van der Waals surface area contributed by atoms with E-state index in [-0.39, 0.29) is 0 Å². The van der Waals surface area contributed by atoms with Crippen LogP contribution >= 0.6 is 11.3 Å². The van der Waals surface area contributed by atoms with Gasteiger partial charge >= 0.3 is 0 Å². The molecule has 3 nitrogen and oxygen atoms in total. The van der Waals surface area contributed by atoms with E-state index in [4.69, 9.17) is 0 Å². The number of thiophene rings is 1. The van der Waals surface area contributed by atoms with E-state index >= 15 is 0 Å². The lowest BCUT2D eigenvalue weighted by Gasteiger charge is -2.27. The van der Waals surface area contributed by atoms with Gasteiger partial charge < -0.3 is 10.2 Å². The first-order valence-electron chi connectivity index (χ1n) is 7.68. The van der Waals surface area contributed by atoms with Gasteiger partial charge in [0, 0.05) is 25.2 Å². The van der Waals surface area contributed by atoms with Crippen LogP contribution in [0.3, 0.4) is 0 Å². The molecule has 0 spiro atoms. The number of anilines is 2. The van der Waals surface area contributed by atoms with Crippen LogP contribution < -0.4 is 10.2 Å². The van der Waals surface area contributed by atoms with Gasteiger partial charge in [-0.25, -0.2) is 4.98 Å². The van der Waals surface area contributed by atoms with Crippen LogP contribution in [-0.2, 0) is 0 Å². The van der Waals surface area contributed by atoms with E-state index in [1.54, 1.807) is 0 Å². The van der Waals surface area contributed by atoms with Crippen molar-refractivity contribution in [2.24, 2.45) is 5.92 Å². The molecule has 2 aromatic rings. The monoisotopic (exact) mass is 301 g/mol. The Morgan fingerprint density at radius 1 is 1.24 bits per heavy atom. The van der Waals surface area contributed by atoms with E-state index in [2.05, 4.69) is 38.8 Å². The summed E-state index contributed by atoms with van der Waals surface area (Å²) in [5.41, 5.74) is 1.13. The number of nitrogens with one attached hydrogen (secondary N) is 1. The summed E-state index contributed by atoms with van der Waals surface area (Å²) in [4.78, 5) is 8.02. The molecular weight excluding hydrogens is 278 g/mol. The van der Waals surface area contributed by atoms with Crippen LogP contribution in [0.25, 0.3) is 0 Å². The summed E-state index contributed by atoms with van der Waals surface area (Å²) in [5, 5.41) is 5.96. The van der Waals surface area contributed by atoms with Crippen molar-refractivity contribution in [3.8, 4) is 0 Å². The van der Waals surface area contributed by atoms with Crippen molar-refractivity contribution in [1.82, 2.24) is 4.98 Å². The SMILES string of the molecule is CN(C)c1ncccc1NC(c1cccs1)C1CCCC1. The lowest BCUT2D eigenvalue weighted by atomic mass is 9.96. The van der Waals surface area contributed by atoms with Crippen LogP contribution in [-0.4, -0.2) is 19.1 Å². The van der Waals surface area contributed by atoms with Gasteiger partial charge in [0.25, 0.3) is 0 Å². The molecule has 2 heterocycles. The van der Waals surface area contributed by atoms with E-state index < -0.39 is 0 Å². The second kappa shape index (κ2) is 6.48. The number of hydrogen-bond donors (Lipinski definition) is 1. The van der Waals surface area contributed by atoms with Crippen molar-refractivity contribution >= 4 is 22.8 Å². The quantitative estimate of drug-likeness (QED) is 0.878. The van der Waals surface area contributed by atoms with Gasteiger partial charge in [0.2, 0.25) is 0 Å². The van der Waals surface area contributed by atoms with E-state index in [0.29, 0.717) is 6.04 Å². The fourth-order valence-corrected chi connectivity index (χ4v) is 4.08. The predicted octanol–water partition coefficient (Wildman–Crippen LogP) is 4.55. The van der Waals surface area contributed by atoms with E-state index in [1.807, 2.05) is 37.7 Å². The third-order valence-corrected chi connectivity index (χ3v) is 5.20. The zero-order chi connectivity index (χ0) is 14.7. The molecule has 1 unspecified atom stereocenters. The van der Waals surface area contributed by atoms with Crippen LogP contribution in [0.5, 0.6) is 0 Å². The van der Waals surface area contributed by atoms with Crippen LogP contribution in [0.4, 0.5) is 11.5 Å². The molecule has 0 saturated heterocycles. The molecule has 0 aliphatic heterocycles. The Bertz CT molecular complexity index is 559. The van der Waals surface area contributed by atoms with Crippen molar-refractivity contribution in [2.75, 3.05) is 24.3 Å². The topological polar surface area (TPSA) is 28.2 Å². The summed E-state index contributed by atoms with van der Waals surface area (Å²) in [7, 11) is 4.09. The molecule has 1 fully saturated rings. The summed E-state index contributed by atoms with van der Waals surface area (Å²) >= 11 is 1.85. The van der Waals surface area contributed by atoms with Gasteiger partial charge in [-0.15, -0.1) is 11.3 Å². The van der Waals surface area contributed by atoms with Gasteiger partial charge in [-0.3, -0.25) is 0 Å². The number of pyridine rings is 1. The molecule has 112 valence electrons. The second-order valence-corrected chi connectivity index (χ2v) is 6.93. The zero-order valence-corrected chi connectivity index (χ0v) is 13.6. The standard InChI is InChI=1S/C17H23N3S/c1-20(2)17-14(9-5-11-18-17)19-16(13-7-3-4-8-13)15-10-6-12-21-15/h5-6,9-13,16,19H,3-4,7-8H2,1-2H3. The third kappa shape index (κ3) is 3.21. The molecule has 1 atom stereocenters. The zero-order valence-electron chi connectivity index (χ0n) is 12.7. The van der Waals surface area contributed by atoms with Gasteiger partial charge in [-0.05, 0) is 42.3 Å². The Balaban J connectivity index is 1.88. The molecule has 21 heavy (non-hydrogen) atoms. The Hall–Kier alpha value is -1.55. The van der Waals surface area contributed by atoms with Gasteiger partial charge in [0.15, 0.2) is 5.82 Å². The minimum absolute atomic E-state index is 0.412. The molecule has 3 rings (SSSR count). The molecule has 0 amide bonds.